The number of amides is 2. The van der Waals surface area contributed by atoms with E-state index >= 15 is 0 Å². The molecule has 2 aromatic carbocycles. The van der Waals surface area contributed by atoms with Gasteiger partial charge >= 0.3 is 189 Å². The quantitative estimate of drug-likeness (QED) is 0.269. The van der Waals surface area contributed by atoms with Gasteiger partial charge in [-0.15, -0.1) is 0 Å². The first-order chi connectivity index (χ1) is 15.0. The second-order valence-electron chi connectivity index (χ2n) is 7.82. The van der Waals surface area contributed by atoms with Crippen molar-refractivity contribution >= 4 is 77.0 Å². The molecule has 1 fully saturated rings. The zero-order valence-electron chi connectivity index (χ0n) is 16.8. The third-order valence-electron chi connectivity index (χ3n) is 6.05. The molecular weight excluding hydrogens is 493 g/mol. The molecule has 0 radical (unpaired) electrons. The molecule has 0 aliphatic carbocycles. The van der Waals surface area contributed by atoms with Gasteiger partial charge in [-0.1, -0.05) is 6.07 Å². The first-order valence-electron chi connectivity index (χ1n) is 9.88. The van der Waals surface area contributed by atoms with Crippen LogP contribution in [-0.4, -0.2) is 60.5 Å². The van der Waals surface area contributed by atoms with Gasteiger partial charge in [-0.3, -0.25) is 0 Å². The van der Waals surface area contributed by atoms with Gasteiger partial charge < -0.3 is 0 Å². The van der Waals surface area contributed by atoms with Gasteiger partial charge in [0.2, 0.25) is 0 Å². The van der Waals surface area contributed by atoms with E-state index in [-0.39, 0.29) is 11.8 Å². The van der Waals surface area contributed by atoms with Gasteiger partial charge in [-0.2, -0.15) is 0 Å². The van der Waals surface area contributed by atoms with Crippen LogP contribution in [0.3, 0.4) is 0 Å². The molecule has 0 atom stereocenters. The summed E-state index contributed by atoms with van der Waals surface area (Å²) in [4.78, 5) is 32.2. The Morgan fingerprint density at radius 1 is 0.935 bits per heavy atom. The molecule has 1 saturated heterocycles. The number of carbonyl (C=O) groups is 2. The monoisotopic (exact) mass is 511 g/mol. The number of aromatic nitrogens is 1. The fraction of sp³-hybridized carbons (Fsp3) is 0.174. The summed E-state index contributed by atoms with van der Waals surface area (Å²) in [6.45, 7) is 0. The van der Waals surface area contributed by atoms with E-state index in [1.807, 2.05) is 0 Å². The predicted octanol–water partition coefficient (Wildman–Crippen LogP) is 3.65. The normalized spacial score (nSPS) is 16.6. The Morgan fingerprint density at radius 2 is 1.65 bits per heavy atom. The molecule has 8 heteroatoms. The molecule has 5 nitrogen and oxygen atoms in total. The van der Waals surface area contributed by atoms with Gasteiger partial charge in [-0.05, 0) is 0 Å². The van der Waals surface area contributed by atoms with E-state index in [0.29, 0.717) is 11.1 Å². The van der Waals surface area contributed by atoms with Crippen molar-refractivity contribution in [2.45, 2.75) is 16.2 Å². The van der Waals surface area contributed by atoms with Gasteiger partial charge in [0.05, 0.1) is 0 Å². The third-order valence-corrected chi connectivity index (χ3v) is 9.55. The summed E-state index contributed by atoms with van der Waals surface area (Å²) in [6, 6.07) is 17.1. The molecule has 0 bridgehead atoms. The number of rotatable bonds is 2. The topological polar surface area (TPSA) is 45.6 Å². The summed E-state index contributed by atoms with van der Waals surface area (Å²) >= 11 is 6.27. The zero-order chi connectivity index (χ0) is 21.4. The maximum absolute atomic E-state index is 12.8. The fourth-order valence-corrected chi connectivity index (χ4v) is 7.38. The van der Waals surface area contributed by atoms with Gasteiger partial charge in [0, 0.05) is 0 Å². The summed E-state index contributed by atoms with van der Waals surface area (Å²) in [5, 5.41) is 3.66. The van der Waals surface area contributed by atoms with E-state index < -0.39 is 5.92 Å². The average Bonchev–Trinajstić information content (AvgIpc) is 3.34. The minimum absolute atomic E-state index is 0.159. The molecule has 2 aliphatic heterocycles. The molecule has 2 aliphatic rings. The molecule has 4 aromatic rings. The molecule has 0 spiro atoms. The summed E-state index contributed by atoms with van der Waals surface area (Å²) in [5.74, 6) is -1.01. The van der Waals surface area contributed by atoms with E-state index in [2.05, 4.69) is 68.7 Å². The van der Waals surface area contributed by atoms with Crippen LogP contribution in [0, 0.1) is 5.92 Å². The standard InChI is InChI=1S/C23H17N3O2S2Se/c1-24-20(27)15(21(28)25(2)23(24)31)10-12-11-18-22(29-12)26-16-8-4-3-6-13(16)14-7-5-9-17(30-18)19(14)26/h3-9,11,15H,10H2,1-2H3. The molecule has 154 valence electrons. The summed E-state index contributed by atoms with van der Waals surface area (Å²) in [6.07, 6.45) is 0.413. The van der Waals surface area contributed by atoms with Gasteiger partial charge in [-0.25, -0.2) is 0 Å². The molecule has 2 aromatic heterocycles. The fourth-order valence-electron chi connectivity index (χ4n) is 4.50. The van der Waals surface area contributed by atoms with Crippen molar-refractivity contribution in [3.05, 3.63) is 53.4 Å². The second kappa shape index (κ2) is 6.81. The van der Waals surface area contributed by atoms with E-state index in [9.17, 15) is 9.59 Å². The van der Waals surface area contributed by atoms with Crippen LogP contribution >= 0.6 is 23.1 Å². The van der Waals surface area contributed by atoms with Gasteiger partial charge in [0.25, 0.3) is 0 Å². The van der Waals surface area contributed by atoms with Crippen molar-refractivity contribution in [1.29, 1.82) is 0 Å². The van der Waals surface area contributed by atoms with Crippen molar-refractivity contribution in [1.82, 2.24) is 14.4 Å². The Balaban J connectivity index is 1.47. The minimum atomic E-state index is -0.694. The molecule has 4 heterocycles. The Kier molecular flexibility index (Phi) is 4.24. The molecular formula is C23H17N3O2S2Se. The molecule has 0 saturated carbocycles. The summed E-state index contributed by atoms with van der Waals surface area (Å²) in [7, 11) is 3.41. The molecule has 0 unspecified atom stereocenters. The van der Waals surface area contributed by atoms with Crippen LogP contribution in [0.25, 0.3) is 26.8 Å². The number of thiophene rings is 1. The average molecular weight is 511 g/mol. The summed E-state index contributed by atoms with van der Waals surface area (Å²) in [5.41, 5.74) is 2.42. The number of hydrogen-bond donors (Lipinski definition) is 0. The zero-order valence-corrected chi connectivity index (χ0v) is 20.1. The summed E-state index contributed by atoms with van der Waals surface area (Å²) < 4.78 is 2.89. The third kappa shape index (κ3) is 2.66. The number of para-hydroxylation sites is 2. The van der Waals surface area contributed by atoms with Gasteiger partial charge in [0.1, 0.15) is 0 Å². The number of carbonyl (C=O) groups excluding carboxylic acids is 2. The first-order valence-corrected chi connectivity index (χ1v) is 12.4. The number of nitrogens with zero attached hydrogens (tertiary/aromatic N) is 3. The number of benzene rings is 2. The van der Waals surface area contributed by atoms with Crippen LogP contribution in [0.1, 0.15) is 4.88 Å². The van der Waals surface area contributed by atoms with Crippen molar-refractivity contribution in [3.63, 3.8) is 0 Å². The van der Waals surface area contributed by atoms with Crippen LogP contribution in [0.15, 0.2) is 58.3 Å². The molecule has 6 rings (SSSR count). The van der Waals surface area contributed by atoms with Crippen molar-refractivity contribution in [3.8, 4) is 5.00 Å². The Morgan fingerprint density at radius 3 is 2.42 bits per heavy atom. The van der Waals surface area contributed by atoms with Crippen LogP contribution < -0.4 is 0 Å². The Labute approximate surface area is 195 Å². The molecule has 2 amide bonds. The van der Waals surface area contributed by atoms with Crippen LogP contribution in [0.4, 0.5) is 0 Å². The predicted molar refractivity (Wildman–Crippen MR) is 126 cm³/mol. The van der Waals surface area contributed by atoms with Crippen molar-refractivity contribution < 1.29 is 9.59 Å². The molecule has 31 heavy (non-hydrogen) atoms. The van der Waals surface area contributed by atoms with E-state index in [1.165, 1.54) is 46.4 Å². The first kappa shape index (κ1) is 19.3. The second-order valence-corrected chi connectivity index (χ2v) is 10.8. The van der Waals surface area contributed by atoms with Crippen molar-refractivity contribution in [2.75, 3.05) is 14.1 Å². The van der Waals surface area contributed by atoms with E-state index in [4.69, 9.17) is 0 Å². The Hall–Kier alpha value is -2.38. The van der Waals surface area contributed by atoms with Crippen molar-refractivity contribution in [2.24, 2.45) is 5.92 Å². The number of hydrogen-bond acceptors (Lipinski definition) is 4. The van der Waals surface area contributed by atoms with E-state index in [1.54, 1.807) is 37.2 Å². The van der Waals surface area contributed by atoms with E-state index in [0.717, 1.165) is 4.88 Å². The van der Waals surface area contributed by atoms with Crippen LogP contribution in [-0.2, 0) is 16.0 Å². The van der Waals surface area contributed by atoms with Crippen LogP contribution in [0.2, 0.25) is 0 Å². The number of fused-ring (bicyclic) bond motifs is 5. The van der Waals surface area contributed by atoms with Gasteiger partial charge in [0.15, 0.2) is 0 Å². The SMILES string of the molecule is CN1C(=O)C(Cc2cc3c(s2)-n2c4ccccc4c4cccc(c42)S3)C(=O)N(C)C1=[Se]. The Bertz CT molecular complexity index is 1430. The maximum atomic E-state index is 12.8. The molecule has 0 N–H and O–H groups in total. The van der Waals surface area contributed by atoms with Crippen LogP contribution in [0.5, 0.6) is 0 Å².